The number of thiazole rings is 1. The van der Waals surface area contributed by atoms with Gasteiger partial charge in [-0.25, -0.2) is 4.98 Å². The Hall–Kier alpha value is -2.79. The molecule has 11 heteroatoms. The molecule has 3 rings (SSSR count). The summed E-state index contributed by atoms with van der Waals surface area (Å²) in [5.74, 6) is 0.477. The fraction of sp³-hybridized carbons (Fsp3) is 0.312. The molecule has 0 unspecified atom stereocenters. The zero-order valence-electron chi connectivity index (χ0n) is 14.5. The van der Waals surface area contributed by atoms with E-state index < -0.39 is 0 Å². The molecule has 3 N–H and O–H groups in total. The van der Waals surface area contributed by atoms with Gasteiger partial charge in [0, 0.05) is 24.9 Å². The summed E-state index contributed by atoms with van der Waals surface area (Å²) in [4.78, 5) is 28.2. The van der Waals surface area contributed by atoms with Gasteiger partial charge in [-0.2, -0.15) is 5.10 Å². The van der Waals surface area contributed by atoms with Crippen molar-refractivity contribution in [3.63, 3.8) is 0 Å². The minimum Gasteiger partial charge on any atom is -0.459 e. The third-order valence-corrected chi connectivity index (χ3v) is 4.80. The van der Waals surface area contributed by atoms with Crippen LogP contribution in [-0.4, -0.2) is 38.1 Å². The second-order valence-electron chi connectivity index (χ2n) is 5.54. The first-order valence-corrected chi connectivity index (χ1v) is 9.55. The summed E-state index contributed by atoms with van der Waals surface area (Å²) < 4.78 is 7.48. The van der Waals surface area contributed by atoms with Crippen LogP contribution >= 0.6 is 23.6 Å². The lowest BCUT2D eigenvalue weighted by molar-refractivity contribution is -0.120. The second-order valence-corrected chi connectivity index (χ2v) is 6.79. The van der Waals surface area contributed by atoms with Crippen molar-refractivity contribution in [2.75, 3.05) is 11.9 Å². The highest BCUT2D eigenvalue weighted by atomic mass is 32.1. The second kappa shape index (κ2) is 8.73. The summed E-state index contributed by atoms with van der Waals surface area (Å²) in [5, 5.41) is 14.5. The number of carbonyl (C=O) groups excluding carboxylic acids is 2. The molecule has 0 atom stereocenters. The van der Waals surface area contributed by atoms with Gasteiger partial charge in [-0.05, 0) is 31.3 Å². The van der Waals surface area contributed by atoms with E-state index in [0.29, 0.717) is 28.6 Å². The van der Waals surface area contributed by atoms with Crippen LogP contribution in [0.1, 0.15) is 29.0 Å². The lowest BCUT2D eigenvalue weighted by Gasteiger charge is -2.05. The molecule has 0 bridgehead atoms. The van der Waals surface area contributed by atoms with E-state index in [1.807, 2.05) is 11.5 Å². The lowest BCUT2D eigenvalue weighted by atomic mass is 10.3. The number of furan rings is 1. The quantitative estimate of drug-likeness (QED) is 0.494. The van der Waals surface area contributed by atoms with Crippen LogP contribution in [0.5, 0.6) is 0 Å². The highest BCUT2D eigenvalue weighted by molar-refractivity contribution is 7.71. The molecule has 3 heterocycles. The van der Waals surface area contributed by atoms with Gasteiger partial charge in [0.1, 0.15) is 5.82 Å². The zero-order valence-corrected chi connectivity index (χ0v) is 16.2. The van der Waals surface area contributed by atoms with E-state index in [0.717, 1.165) is 12.4 Å². The van der Waals surface area contributed by atoms with Gasteiger partial charge in [0.2, 0.25) is 5.91 Å². The van der Waals surface area contributed by atoms with Crippen molar-refractivity contribution in [3.05, 3.63) is 45.8 Å². The summed E-state index contributed by atoms with van der Waals surface area (Å²) in [6.07, 6.45) is 2.13. The maximum absolute atomic E-state index is 12.1. The number of hydrogen-bond donors (Lipinski definition) is 3. The van der Waals surface area contributed by atoms with Crippen LogP contribution in [0.4, 0.5) is 5.13 Å². The van der Waals surface area contributed by atoms with Crippen molar-refractivity contribution in [1.29, 1.82) is 0 Å². The molecule has 0 saturated heterocycles. The Morgan fingerprint density at radius 1 is 1.44 bits per heavy atom. The van der Waals surface area contributed by atoms with Crippen molar-refractivity contribution < 1.29 is 14.0 Å². The third-order valence-electron chi connectivity index (χ3n) is 3.68. The highest BCUT2D eigenvalue weighted by Gasteiger charge is 2.13. The molecule has 0 aliphatic carbocycles. The number of rotatable bonds is 8. The maximum atomic E-state index is 12.1. The predicted molar refractivity (Wildman–Crippen MR) is 102 cm³/mol. The Kier molecular flexibility index (Phi) is 6.14. The van der Waals surface area contributed by atoms with Gasteiger partial charge in [0.15, 0.2) is 15.7 Å². The number of carbonyl (C=O) groups is 2. The average molecular weight is 406 g/mol. The van der Waals surface area contributed by atoms with Gasteiger partial charge in [-0.3, -0.25) is 20.0 Å². The number of anilines is 1. The molecule has 9 nitrogen and oxygen atoms in total. The van der Waals surface area contributed by atoms with Crippen LogP contribution < -0.4 is 10.6 Å². The summed E-state index contributed by atoms with van der Waals surface area (Å²) >= 11 is 6.39. The number of aromatic nitrogens is 4. The zero-order chi connectivity index (χ0) is 19.2. The number of amides is 2. The molecule has 0 aromatic carbocycles. The average Bonchev–Trinajstić information content (AvgIpc) is 3.37. The van der Waals surface area contributed by atoms with Crippen molar-refractivity contribution in [2.24, 2.45) is 0 Å². The van der Waals surface area contributed by atoms with Crippen LogP contribution in [-0.2, 0) is 24.2 Å². The Morgan fingerprint density at radius 3 is 3.04 bits per heavy atom. The fourth-order valence-corrected chi connectivity index (χ4v) is 3.41. The van der Waals surface area contributed by atoms with Gasteiger partial charge < -0.3 is 14.3 Å². The first-order chi connectivity index (χ1) is 13.1. The van der Waals surface area contributed by atoms with E-state index in [1.165, 1.54) is 17.6 Å². The number of hydrogen-bond acceptors (Lipinski definition) is 7. The molecular formula is C16H18N6O3S2. The topological polar surface area (TPSA) is 118 Å². The molecule has 0 fully saturated rings. The van der Waals surface area contributed by atoms with Gasteiger partial charge in [-0.1, -0.05) is 0 Å². The van der Waals surface area contributed by atoms with Crippen LogP contribution in [0.3, 0.4) is 0 Å². The van der Waals surface area contributed by atoms with Crippen molar-refractivity contribution in [2.45, 2.75) is 26.3 Å². The van der Waals surface area contributed by atoms with Crippen molar-refractivity contribution in [1.82, 2.24) is 25.1 Å². The number of nitrogens with one attached hydrogen (secondary N) is 3. The molecule has 2 amide bonds. The van der Waals surface area contributed by atoms with Crippen LogP contribution in [0.15, 0.2) is 28.2 Å². The van der Waals surface area contributed by atoms with Crippen molar-refractivity contribution in [3.8, 4) is 0 Å². The summed E-state index contributed by atoms with van der Waals surface area (Å²) in [5.41, 5.74) is 0.587. The van der Waals surface area contributed by atoms with Crippen LogP contribution in [0.2, 0.25) is 0 Å². The number of nitrogens with zero attached hydrogens (tertiary/aromatic N) is 3. The first-order valence-electron chi connectivity index (χ1n) is 8.27. The minimum absolute atomic E-state index is 0.133. The van der Waals surface area contributed by atoms with Gasteiger partial charge in [0.25, 0.3) is 5.91 Å². The molecule has 27 heavy (non-hydrogen) atoms. The monoisotopic (exact) mass is 406 g/mol. The summed E-state index contributed by atoms with van der Waals surface area (Å²) in [6.45, 7) is 3.16. The molecule has 142 valence electrons. The Labute approximate surface area is 163 Å². The van der Waals surface area contributed by atoms with E-state index in [4.69, 9.17) is 16.6 Å². The van der Waals surface area contributed by atoms with Gasteiger partial charge >= 0.3 is 0 Å². The van der Waals surface area contributed by atoms with Crippen LogP contribution in [0, 0.1) is 4.77 Å². The molecule has 0 saturated carbocycles. The predicted octanol–water partition coefficient (Wildman–Crippen LogP) is 2.16. The molecular weight excluding hydrogens is 388 g/mol. The molecule has 0 radical (unpaired) electrons. The smallest absolute Gasteiger partial charge is 0.293 e. The van der Waals surface area contributed by atoms with E-state index >= 15 is 0 Å². The lowest BCUT2D eigenvalue weighted by Crippen LogP contribution is -2.28. The van der Waals surface area contributed by atoms with Crippen molar-refractivity contribution >= 4 is 40.5 Å². The molecule has 3 aromatic heterocycles. The normalized spacial score (nSPS) is 10.7. The fourth-order valence-electron chi connectivity index (χ4n) is 2.42. The highest BCUT2D eigenvalue weighted by Crippen LogP contribution is 2.17. The SMILES string of the molecule is CCn1c(CCNC(=O)Cc2csc(NC(=O)c3ccco3)n2)n[nH]c1=S. The Balaban J connectivity index is 1.46. The van der Waals surface area contributed by atoms with Gasteiger partial charge in [-0.15, -0.1) is 11.3 Å². The van der Waals surface area contributed by atoms with E-state index in [1.54, 1.807) is 17.5 Å². The maximum Gasteiger partial charge on any atom is 0.293 e. The summed E-state index contributed by atoms with van der Waals surface area (Å²) in [6, 6.07) is 3.20. The molecule has 0 spiro atoms. The number of H-pyrrole nitrogens is 1. The van der Waals surface area contributed by atoms with E-state index in [-0.39, 0.29) is 24.0 Å². The van der Waals surface area contributed by atoms with E-state index in [2.05, 4.69) is 25.8 Å². The molecule has 0 aliphatic heterocycles. The Morgan fingerprint density at radius 2 is 2.30 bits per heavy atom. The van der Waals surface area contributed by atoms with E-state index in [9.17, 15) is 9.59 Å². The third kappa shape index (κ3) is 4.89. The van der Waals surface area contributed by atoms with Gasteiger partial charge in [0.05, 0.1) is 18.4 Å². The largest absolute Gasteiger partial charge is 0.459 e. The van der Waals surface area contributed by atoms with Crippen LogP contribution in [0.25, 0.3) is 0 Å². The number of aromatic amines is 1. The Bertz CT molecular complexity index is 973. The summed E-state index contributed by atoms with van der Waals surface area (Å²) in [7, 11) is 0. The molecule has 3 aromatic rings. The minimum atomic E-state index is -0.380. The first kappa shape index (κ1) is 19.0. The standard InChI is InChI=1S/C16H18N6O3S2/c1-2-22-12(20-21-16(22)26)5-6-17-13(23)8-10-9-27-15(18-10)19-14(24)11-4-3-7-25-11/h3-4,7,9H,2,5-6,8H2,1H3,(H,17,23)(H,21,26)(H,18,19,24). The molecule has 0 aliphatic rings.